The molecule has 0 aliphatic rings. The van der Waals surface area contributed by atoms with Crippen LogP contribution in [0.5, 0.6) is 5.75 Å². The predicted molar refractivity (Wildman–Crippen MR) is 89.7 cm³/mol. The largest absolute Gasteiger partial charge is 0.488 e. The number of aliphatic carboxylic acids is 1. The van der Waals surface area contributed by atoms with Crippen LogP contribution in [0.3, 0.4) is 0 Å². The van der Waals surface area contributed by atoms with Gasteiger partial charge in [0.2, 0.25) is 0 Å². The predicted octanol–water partition coefficient (Wildman–Crippen LogP) is 4.26. The van der Waals surface area contributed by atoms with Crippen molar-refractivity contribution in [2.75, 3.05) is 0 Å². The first-order valence-corrected chi connectivity index (χ1v) is 7.69. The Morgan fingerprint density at radius 2 is 1.91 bits per heavy atom. The van der Waals surface area contributed by atoms with Gasteiger partial charge in [-0.3, -0.25) is 0 Å². The molecule has 0 aliphatic carbocycles. The summed E-state index contributed by atoms with van der Waals surface area (Å²) in [5, 5.41) is 10.3. The molecular weight excluding hydrogens is 290 g/mol. The molecule has 0 aliphatic heterocycles. The van der Waals surface area contributed by atoms with Gasteiger partial charge in [-0.2, -0.15) is 0 Å². The third-order valence-corrected chi connectivity index (χ3v) is 3.97. The van der Waals surface area contributed by atoms with E-state index < -0.39 is 12.0 Å². The van der Waals surface area contributed by atoms with Crippen LogP contribution < -0.4 is 4.74 Å². The molecule has 1 unspecified atom stereocenters. The second-order valence-corrected chi connectivity index (χ2v) is 5.45. The molecule has 0 saturated carbocycles. The molecule has 3 aromatic rings. The van der Waals surface area contributed by atoms with Crippen molar-refractivity contribution in [3.63, 3.8) is 0 Å². The van der Waals surface area contributed by atoms with E-state index in [4.69, 9.17) is 4.74 Å². The molecule has 0 amide bonds. The Morgan fingerprint density at radius 1 is 1.13 bits per heavy atom. The zero-order valence-corrected chi connectivity index (χ0v) is 13.0. The number of fused-ring (bicyclic) bond motifs is 1. The van der Waals surface area contributed by atoms with Gasteiger partial charge in [0.05, 0.1) is 5.52 Å². The average Bonchev–Trinajstić information content (AvgIpc) is 2.99. The number of carbonyl (C=O) groups is 1. The maximum atomic E-state index is 11.4. The summed E-state index contributed by atoms with van der Waals surface area (Å²) in [5.74, 6) is -0.0500. The Balaban J connectivity index is 1.91. The summed E-state index contributed by atoms with van der Waals surface area (Å²) in [4.78, 5) is 11.4. The van der Waals surface area contributed by atoms with Crippen LogP contribution in [-0.2, 0) is 11.4 Å². The number of carboxylic acid groups (broad SMARTS) is 1. The normalized spacial score (nSPS) is 12.2. The Bertz CT molecular complexity index is 808. The van der Waals surface area contributed by atoms with Gasteiger partial charge < -0.3 is 14.4 Å². The van der Waals surface area contributed by atoms with Crippen LogP contribution in [0.15, 0.2) is 60.8 Å². The van der Waals surface area contributed by atoms with E-state index in [0.29, 0.717) is 13.0 Å². The van der Waals surface area contributed by atoms with Crippen LogP contribution in [0.2, 0.25) is 0 Å². The fourth-order valence-corrected chi connectivity index (χ4v) is 2.78. The van der Waals surface area contributed by atoms with Crippen molar-refractivity contribution in [2.45, 2.75) is 26.0 Å². The van der Waals surface area contributed by atoms with Crippen molar-refractivity contribution in [1.29, 1.82) is 0 Å². The Kier molecular flexibility index (Phi) is 4.33. The number of aromatic nitrogens is 1. The maximum Gasteiger partial charge on any atom is 0.326 e. The molecule has 0 fully saturated rings. The summed E-state index contributed by atoms with van der Waals surface area (Å²) in [5.41, 5.74) is 1.98. The standard InChI is InChI=1S/C19H19NO3/c1-2-16(19(21)22)20-12-11-15-17(20)9-6-10-18(15)23-13-14-7-4-3-5-8-14/h3-12,16H,2,13H2,1H3,(H,21,22). The fraction of sp³-hybridized carbons (Fsp3) is 0.211. The van der Waals surface area contributed by atoms with Gasteiger partial charge in [0.15, 0.2) is 0 Å². The number of carboxylic acids is 1. The summed E-state index contributed by atoms with van der Waals surface area (Å²) >= 11 is 0. The number of hydrogen-bond donors (Lipinski definition) is 1. The zero-order chi connectivity index (χ0) is 16.2. The Labute approximate surface area is 134 Å². The molecule has 0 bridgehead atoms. The van der Waals surface area contributed by atoms with Crippen molar-refractivity contribution in [2.24, 2.45) is 0 Å². The molecule has 0 saturated heterocycles. The van der Waals surface area contributed by atoms with Crippen LogP contribution in [0, 0.1) is 0 Å². The van der Waals surface area contributed by atoms with Gasteiger partial charge in [0, 0.05) is 11.6 Å². The summed E-state index contributed by atoms with van der Waals surface area (Å²) < 4.78 is 7.73. The third-order valence-electron chi connectivity index (χ3n) is 3.97. The monoisotopic (exact) mass is 309 g/mol. The number of rotatable bonds is 6. The van der Waals surface area contributed by atoms with E-state index in [2.05, 4.69) is 0 Å². The average molecular weight is 309 g/mol. The molecule has 0 spiro atoms. The quantitative estimate of drug-likeness (QED) is 0.740. The highest BCUT2D eigenvalue weighted by Gasteiger charge is 2.19. The van der Waals surface area contributed by atoms with Crippen LogP contribution in [0.1, 0.15) is 24.9 Å². The zero-order valence-electron chi connectivity index (χ0n) is 13.0. The van der Waals surface area contributed by atoms with Crippen molar-refractivity contribution >= 4 is 16.9 Å². The molecule has 4 nitrogen and oxygen atoms in total. The highest BCUT2D eigenvalue weighted by Crippen LogP contribution is 2.30. The molecule has 2 aromatic carbocycles. The molecule has 1 heterocycles. The summed E-state index contributed by atoms with van der Waals surface area (Å²) in [7, 11) is 0. The van der Waals surface area contributed by atoms with Gasteiger partial charge in [-0.25, -0.2) is 4.79 Å². The lowest BCUT2D eigenvalue weighted by atomic mass is 10.2. The van der Waals surface area contributed by atoms with E-state index in [1.807, 2.05) is 67.7 Å². The molecule has 0 radical (unpaired) electrons. The lowest BCUT2D eigenvalue weighted by Crippen LogP contribution is -2.17. The van der Waals surface area contributed by atoms with Gasteiger partial charge in [-0.15, -0.1) is 0 Å². The van der Waals surface area contributed by atoms with E-state index in [9.17, 15) is 9.90 Å². The van der Waals surface area contributed by atoms with Gasteiger partial charge in [0.25, 0.3) is 0 Å². The third kappa shape index (κ3) is 3.06. The van der Waals surface area contributed by atoms with Crippen molar-refractivity contribution < 1.29 is 14.6 Å². The SMILES string of the molecule is CCC(C(=O)O)n1ccc2c(OCc3ccccc3)cccc21. The maximum absolute atomic E-state index is 11.4. The van der Waals surface area contributed by atoms with Gasteiger partial charge in [-0.05, 0) is 30.2 Å². The lowest BCUT2D eigenvalue weighted by molar-refractivity contribution is -0.140. The van der Waals surface area contributed by atoms with Gasteiger partial charge in [0.1, 0.15) is 18.4 Å². The number of hydrogen-bond acceptors (Lipinski definition) is 2. The molecule has 1 atom stereocenters. The van der Waals surface area contributed by atoms with Crippen LogP contribution in [0.4, 0.5) is 0 Å². The minimum Gasteiger partial charge on any atom is -0.488 e. The number of nitrogens with zero attached hydrogens (tertiary/aromatic N) is 1. The smallest absolute Gasteiger partial charge is 0.326 e. The summed E-state index contributed by atoms with van der Waals surface area (Å²) in [6.07, 6.45) is 2.36. The fourth-order valence-electron chi connectivity index (χ4n) is 2.78. The molecule has 118 valence electrons. The number of benzene rings is 2. The molecular formula is C19H19NO3. The lowest BCUT2D eigenvalue weighted by Gasteiger charge is -2.14. The molecule has 23 heavy (non-hydrogen) atoms. The topological polar surface area (TPSA) is 51.5 Å². The molecule has 1 aromatic heterocycles. The second-order valence-electron chi connectivity index (χ2n) is 5.45. The first kappa shape index (κ1) is 15.2. The second kappa shape index (κ2) is 6.57. The van der Waals surface area contributed by atoms with E-state index in [1.54, 1.807) is 4.57 Å². The van der Waals surface area contributed by atoms with Crippen LogP contribution in [-0.4, -0.2) is 15.6 Å². The molecule has 4 heteroatoms. The van der Waals surface area contributed by atoms with E-state index in [1.165, 1.54) is 0 Å². The van der Waals surface area contributed by atoms with Gasteiger partial charge >= 0.3 is 5.97 Å². The summed E-state index contributed by atoms with van der Waals surface area (Å²) in [6.45, 7) is 2.36. The first-order valence-electron chi connectivity index (χ1n) is 7.69. The van der Waals surface area contributed by atoms with Crippen molar-refractivity contribution in [3.8, 4) is 5.75 Å². The highest BCUT2D eigenvalue weighted by atomic mass is 16.5. The van der Waals surface area contributed by atoms with Gasteiger partial charge in [-0.1, -0.05) is 43.3 Å². The Hall–Kier alpha value is -2.75. The van der Waals surface area contributed by atoms with Crippen molar-refractivity contribution in [3.05, 3.63) is 66.4 Å². The Morgan fingerprint density at radius 3 is 2.61 bits per heavy atom. The first-order chi connectivity index (χ1) is 11.2. The van der Waals surface area contributed by atoms with E-state index in [-0.39, 0.29) is 0 Å². The number of ether oxygens (including phenoxy) is 1. The highest BCUT2D eigenvalue weighted by molar-refractivity contribution is 5.88. The molecule has 1 N–H and O–H groups in total. The minimum absolute atomic E-state index is 0.487. The van der Waals surface area contributed by atoms with Crippen molar-refractivity contribution in [1.82, 2.24) is 4.57 Å². The summed E-state index contributed by atoms with van der Waals surface area (Å²) in [6, 6.07) is 17.1. The van der Waals surface area contributed by atoms with Crippen LogP contribution in [0.25, 0.3) is 10.9 Å². The van der Waals surface area contributed by atoms with Crippen LogP contribution >= 0.6 is 0 Å². The van der Waals surface area contributed by atoms with E-state index in [0.717, 1.165) is 22.2 Å². The molecule has 3 rings (SSSR count). The van der Waals surface area contributed by atoms with E-state index >= 15 is 0 Å². The minimum atomic E-state index is -0.819.